The SMILES string of the molecule is COc1ccc2c(c1)CC[C@H](c1nc3ccc(Cl)cc3[nH]c1=O)C2=O. The van der Waals surface area contributed by atoms with E-state index < -0.39 is 5.92 Å². The molecule has 5 nitrogen and oxygen atoms in total. The van der Waals surface area contributed by atoms with Crippen molar-refractivity contribution in [1.29, 1.82) is 0 Å². The van der Waals surface area contributed by atoms with Crippen molar-refractivity contribution >= 4 is 28.4 Å². The second-order valence-electron chi connectivity index (χ2n) is 6.09. The van der Waals surface area contributed by atoms with Crippen molar-refractivity contribution in [3.05, 3.63) is 68.6 Å². The predicted molar refractivity (Wildman–Crippen MR) is 95.8 cm³/mol. The first-order valence-corrected chi connectivity index (χ1v) is 8.35. The molecule has 0 saturated carbocycles. The quantitative estimate of drug-likeness (QED) is 0.764. The van der Waals surface area contributed by atoms with Gasteiger partial charge in [0.15, 0.2) is 5.78 Å². The van der Waals surface area contributed by atoms with E-state index in [9.17, 15) is 9.59 Å². The Balaban J connectivity index is 1.78. The van der Waals surface area contributed by atoms with E-state index in [-0.39, 0.29) is 17.0 Å². The van der Waals surface area contributed by atoms with Crippen LogP contribution in [-0.2, 0) is 6.42 Å². The summed E-state index contributed by atoms with van der Waals surface area (Å²) >= 11 is 5.95. The lowest BCUT2D eigenvalue weighted by atomic mass is 9.81. The van der Waals surface area contributed by atoms with Gasteiger partial charge in [0, 0.05) is 10.6 Å². The summed E-state index contributed by atoms with van der Waals surface area (Å²) in [6.45, 7) is 0. The van der Waals surface area contributed by atoms with Crippen LogP contribution in [0.25, 0.3) is 11.0 Å². The summed E-state index contributed by atoms with van der Waals surface area (Å²) in [5, 5.41) is 0.523. The second kappa shape index (κ2) is 6.01. The number of aromatic nitrogens is 2. The Morgan fingerprint density at radius 1 is 1.20 bits per heavy atom. The minimum absolute atomic E-state index is 0.0739. The van der Waals surface area contributed by atoms with Crippen molar-refractivity contribution in [2.24, 2.45) is 0 Å². The molecule has 6 heteroatoms. The van der Waals surface area contributed by atoms with Crippen LogP contribution in [0.1, 0.15) is 34.0 Å². The number of aromatic amines is 1. The number of nitrogens with zero attached hydrogens (tertiary/aromatic N) is 1. The Morgan fingerprint density at radius 3 is 2.84 bits per heavy atom. The molecule has 0 unspecified atom stereocenters. The summed E-state index contributed by atoms with van der Waals surface area (Å²) < 4.78 is 5.21. The minimum atomic E-state index is -0.537. The van der Waals surface area contributed by atoms with Gasteiger partial charge < -0.3 is 9.72 Å². The highest BCUT2D eigenvalue weighted by atomic mass is 35.5. The minimum Gasteiger partial charge on any atom is -0.497 e. The normalized spacial score (nSPS) is 16.7. The first kappa shape index (κ1) is 15.8. The van der Waals surface area contributed by atoms with Gasteiger partial charge in [-0.05, 0) is 54.8 Å². The van der Waals surface area contributed by atoms with Crippen LogP contribution >= 0.6 is 11.6 Å². The van der Waals surface area contributed by atoms with Gasteiger partial charge in [0.2, 0.25) is 0 Å². The third-order valence-electron chi connectivity index (χ3n) is 4.61. The number of benzene rings is 2. The summed E-state index contributed by atoms with van der Waals surface area (Å²) in [7, 11) is 1.60. The molecule has 3 aromatic rings. The van der Waals surface area contributed by atoms with E-state index in [1.54, 1.807) is 37.4 Å². The Bertz CT molecular complexity index is 1060. The topological polar surface area (TPSA) is 72.0 Å². The van der Waals surface area contributed by atoms with Crippen LogP contribution in [0, 0.1) is 0 Å². The van der Waals surface area contributed by atoms with Crippen LogP contribution in [0.5, 0.6) is 5.75 Å². The molecule has 0 saturated heterocycles. The monoisotopic (exact) mass is 354 g/mol. The number of rotatable bonds is 2. The van der Waals surface area contributed by atoms with E-state index in [0.29, 0.717) is 34.5 Å². The lowest BCUT2D eigenvalue weighted by molar-refractivity contribution is 0.0943. The number of hydrogen-bond acceptors (Lipinski definition) is 4. The number of methoxy groups -OCH3 is 1. The summed E-state index contributed by atoms with van der Waals surface area (Å²) in [5.41, 5.74) is 2.69. The van der Waals surface area contributed by atoms with Gasteiger partial charge in [-0.2, -0.15) is 0 Å². The van der Waals surface area contributed by atoms with Crippen LogP contribution in [0.4, 0.5) is 0 Å². The lowest BCUT2D eigenvalue weighted by Crippen LogP contribution is -2.28. The number of nitrogens with one attached hydrogen (secondary N) is 1. The molecule has 0 fully saturated rings. The highest BCUT2D eigenvalue weighted by molar-refractivity contribution is 6.31. The number of ether oxygens (including phenoxy) is 1. The molecule has 0 radical (unpaired) electrons. The number of aryl methyl sites for hydroxylation is 1. The Kier molecular flexibility index (Phi) is 3.81. The molecule has 1 atom stereocenters. The number of hydrogen-bond donors (Lipinski definition) is 1. The van der Waals surface area contributed by atoms with Crippen molar-refractivity contribution in [2.75, 3.05) is 7.11 Å². The number of Topliss-reactive ketones (excluding diaryl/α,β-unsaturated/α-hetero) is 1. The summed E-state index contributed by atoms with van der Waals surface area (Å²) in [5.74, 6) is 0.114. The van der Waals surface area contributed by atoms with Crippen LogP contribution in [-0.4, -0.2) is 22.9 Å². The van der Waals surface area contributed by atoms with Gasteiger partial charge in [-0.15, -0.1) is 0 Å². The molecule has 1 aromatic heterocycles. The van der Waals surface area contributed by atoms with Crippen molar-refractivity contribution in [3.8, 4) is 5.75 Å². The van der Waals surface area contributed by atoms with Gasteiger partial charge in [0.1, 0.15) is 11.4 Å². The average molecular weight is 355 g/mol. The molecular weight excluding hydrogens is 340 g/mol. The maximum Gasteiger partial charge on any atom is 0.270 e. The molecule has 1 aliphatic rings. The summed E-state index contributed by atoms with van der Waals surface area (Å²) in [6.07, 6.45) is 1.25. The molecule has 126 valence electrons. The van der Waals surface area contributed by atoms with E-state index in [4.69, 9.17) is 16.3 Å². The first-order chi connectivity index (χ1) is 12.1. The smallest absolute Gasteiger partial charge is 0.270 e. The molecule has 25 heavy (non-hydrogen) atoms. The zero-order valence-corrected chi connectivity index (χ0v) is 14.3. The van der Waals surface area contributed by atoms with Crippen molar-refractivity contribution < 1.29 is 9.53 Å². The molecule has 4 rings (SSSR count). The van der Waals surface area contributed by atoms with Gasteiger partial charge in [-0.25, -0.2) is 4.98 Å². The van der Waals surface area contributed by atoms with Gasteiger partial charge >= 0.3 is 0 Å². The van der Waals surface area contributed by atoms with E-state index in [2.05, 4.69) is 9.97 Å². The number of halogens is 1. The number of fused-ring (bicyclic) bond motifs is 2. The third-order valence-corrected chi connectivity index (χ3v) is 4.84. The second-order valence-corrected chi connectivity index (χ2v) is 6.53. The van der Waals surface area contributed by atoms with Crippen LogP contribution in [0.2, 0.25) is 5.02 Å². The van der Waals surface area contributed by atoms with Crippen LogP contribution < -0.4 is 10.3 Å². The summed E-state index contributed by atoms with van der Waals surface area (Å²) in [6, 6.07) is 10.5. The van der Waals surface area contributed by atoms with Crippen molar-refractivity contribution in [1.82, 2.24) is 9.97 Å². The maximum atomic E-state index is 12.9. The Labute approximate surface area is 148 Å². The standard InChI is InChI=1S/C19H15ClN2O3/c1-25-12-4-6-13-10(8-12)2-5-14(18(13)23)17-19(24)22-16-9-11(20)3-7-15(16)21-17/h3-4,6-9,14H,2,5H2,1H3,(H,22,24)/t14-/m1/s1. The fourth-order valence-electron chi connectivity index (χ4n) is 3.33. The largest absolute Gasteiger partial charge is 0.497 e. The van der Waals surface area contributed by atoms with Crippen molar-refractivity contribution in [3.63, 3.8) is 0 Å². The van der Waals surface area contributed by atoms with Crippen LogP contribution in [0.15, 0.2) is 41.2 Å². The zero-order valence-electron chi connectivity index (χ0n) is 13.5. The van der Waals surface area contributed by atoms with E-state index >= 15 is 0 Å². The fraction of sp³-hybridized carbons (Fsp3) is 0.211. The maximum absolute atomic E-state index is 12.9. The Hall–Kier alpha value is -2.66. The van der Waals surface area contributed by atoms with Gasteiger partial charge in [0.05, 0.1) is 24.1 Å². The number of carbonyl (C=O) groups is 1. The van der Waals surface area contributed by atoms with Gasteiger partial charge in [0.25, 0.3) is 5.56 Å². The molecule has 1 heterocycles. The number of H-pyrrole nitrogens is 1. The van der Waals surface area contributed by atoms with Crippen molar-refractivity contribution in [2.45, 2.75) is 18.8 Å². The molecule has 2 aromatic carbocycles. The number of ketones is 1. The molecule has 1 N–H and O–H groups in total. The van der Waals surface area contributed by atoms with E-state index in [1.165, 1.54) is 0 Å². The molecule has 0 amide bonds. The molecule has 0 spiro atoms. The number of carbonyl (C=O) groups excluding carboxylic acids is 1. The fourth-order valence-corrected chi connectivity index (χ4v) is 3.50. The van der Waals surface area contributed by atoms with Crippen LogP contribution in [0.3, 0.4) is 0 Å². The van der Waals surface area contributed by atoms with E-state index in [0.717, 1.165) is 11.3 Å². The highest BCUT2D eigenvalue weighted by Gasteiger charge is 2.31. The lowest BCUT2D eigenvalue weighted by Gasteiger charge is -2.23. The first-order valence-electron chi connectivity index (χ1n) is 7.97. The van der Waals surface area contributed by atoms with E-state index in [1.807, 2.05) is 6.07 Å². The molecule has 1 aliphatic carbocycles. The molecule has 0 aliphatic heterocycles. The predicted octanol–water partition coefficient (Wildman–Crippen LogP) is 3.50. The van der Waals surface area contributed by atoms with Gasteiger partial charge in [-0.3, -0.25) is 9.59 Å². The Morgan fingerprint density at radius 2 is 2.04 bits per heavy atom. The molecular formula is C19H15ClN2O3. The summed E-state index contributed by atoms with van der Waals surface area (Å²) in [4.78, 5) is 32.6. The highest BCUT2D eigenvalue weighted by Crippen LogP contribution is 2.33. The zero-order chi connectivity index (χ0) is 17.6. The molecule has 0 bridgehead atoms. The third kappa shape index (κ3) is 2.70. The average Bonchev–Trinajstić information content (AvgIpc) is 2.61. The van der Waals surface area contributed by atoms with Gasteiger partial charge in [-0.1, -0.05) is 11.6 Å².